The molecule has 1 fully saturated rings. The van der Waals surface area contributed by atoms with Crippen molar-refractivity contribution >= 4 is 0 Å². The molecule has 3 rings (SSSR count). The van der Waals surface area contributed by atoms with Gasteiger partial charge in [0.2, 0.25) is 0 Å². The van der Waals surface area contributed by atoms with E-state index in [2.05, 4.69) is 27.5 Å². The van der Waals surface area contributed by atoms with Crippen molar-refractivity contribution in [2.75, 3.05) is 20.1 Å². The lowest BCUT2D eigenvalue weighted by Crippen LogP contribution is -2.29. The summed E-state index contributed by atoms with van der Waals surface area (Å²) < 4.78 is 13.0. The molecule has 2 aromatic rings. The molecule has 0 unspecified atom stereocenters. The lowest BCUT2D eigenvalue weighted by atomic mass is 10.1. The highest BCUT2D eigenvalue weighted by Gasteiger charge is 2.19. The molecule has 22 heavy (non-hydrogen) atoms. The van der Waals surface area contributed by atoms with E-state index in [0.29, 0.717) is 6.04 Å². The zero-order valence-electron chi connectivity index (χ0n) is 13.0. The number of H-pyrrole nitrogens is 1. The van der Waals surface area contributed by atoms with Crippen LogP contribution in [0.5, 0.6) is 0 Å². The van der Waals surface area contributed by atoms with E-state index in [4.69, 9.17) is 0 Å². The van der Waals surface area contributed by atoms with Crippen LogP contribution in [0.1, 0.15) is 24.8 Å². The van der Waals surface area contributed by atoms with Crippen molar-refractivity contribution in [3.05, 3.63) is 41.8 Å². The van der Waals surface area contributed by atoms with E-state index in [0.717, 1.165) is 29.9 Å². The molecule has 2 N–H and O–H groups in total. The van der Waals surface area contributed by atoms with E-state index in [9.17, 15) is 4.39 Å². The van der Waals surface area contributed by atoms with Crippen LogP contribution in [0.15, 0.2) is 30.5 Å². The molecule has 1 atom stereocenters. The second-order valence-corrected chi connectivity index (χ2v) is 6.02. The first-order chi connectivity index (χ1) is 10.7. The first kappa shape index (κ1) is 15.2. The lowest BCUT2D eigenvalue weighted by molar-refractivity contribution is 0.293. The molecule has 2 heterocycles. The first-order valence-electron chi connectivity index (χ1n) is 7.93. The van der Waals surface area contributed by atoms with E-state index < -0.39 is 0 Å². The third kappa shape index (κ3) is 3.54. The number of rotatable bonds is 6. The van der Waals surface area contributed by atoms with Gasteiger partial charge in [-0.2, -0.15) is 5.10 Å². The van der Waals surface area contributed by atoms with Gasteiger partial charge in [-0.25, -0.2) is 4.39 Å². The maximum absolute atomic E-state index is 13.0. The summed E-state index contributed by atoms with van der Waals surface area (Å²) in [4.78, 5) is 2.45. The predicted molar refractivity (Wildman–Crippen MR) is 86.0 cm³/mol. The summed E-state index contributed by atoms with van der Waals surface area (Å²) in [5.41, 5.74) is 3.04. The maximum atomic E-state index is 13.0. The summed E-state index contributed by atoms with van der Waals surface area (Å²) in [5.74, 6) is -0.219. The highest BCUT2D eigenvalue weighted by atomic mass is 19.1. The summed E-state index contributed by atoms with van der Waals surface area (Å²) in [5, 5.41) is 10.6. The Balaban J connectivity index is 1.53. The van der Waals surface area contributed by atoms with Gasteiger partial charge >= 0.3 is 0 Å². The molecule has 1 aliphatic rings. The number of likely N-dealkylation sites (tertiary alicyclic amines) is 1. The molecule has 0 aliphatic carbocycles. The lowest BCUT2D eigenvalue weighted by Gasteiger charge is -2.19. The van der Waals surface area contributed by atoms with Crippen LogP contribution in [-0.4, -0.2) is 41.3 Å². The number of aromatic nitrogens is 2. The van der Waals surface area contributed by atoms with Gasteiger partial charge < -0.3 is 10.2 Å². The van der Waals surface area contributed by atoms with Gasteiger partial charge in [0.1, 0.15) is 5.82 Å². The Morgan fingerprint density at radius 2 is 2.18 bits per heavy atom. The summed E-state index contributed by atoms with van der Waals surface area (Å²) in [6, 6.07) is 7.22. The van der Waals surface area contributed by atoms with Crippen molar-refractivity contribution in [1.29, 1.82) is 0 Å². The first-order valence-corrected chi connectivity index (χ1v) is 7.93. The van der Waals surface area contributed by atoms with Crippen LogP contribution < -0.4 is 5.32 Å². The van der Waals surface area contributed by atoms with Crippen LogP contribution in [0, 0.1) is 5.82 Å². The molecular formula is C17H23FN4. The van der Waals surface area contributed by atoms with Gasteiger partial charge in [-0.3, -0.25) is 5.10 Å². The van der Waals surface area contributed by atoms with E-state index in [1.165, 1.54) is 37.9 Å². The van der Waals surface area contributed by atoms with Gasteiger partial charge in [-0.1, -0.05) is 0 Å². The van der Waals surface area contributed by atoms with Gasteiger partial charge in [-0.15, -0.1) is 0 Å². The van der Waals surface area contributed by atoms with Crippen molar-refractivity contribution < 1.29 is 4.39 Å². The Labute approximate surface area is 130 Å². The Morgan fingerprint density at radius 1 is 1.36 bits per heavy atom. The number of benzene rings is 1. The third-order valence-corrected chi connectivity index (χ3v) is 4.49. The molecule has 5 heteroatoms. The van der Waals surface area contributed by atoms with Crippen LogP contribution in [-0.2, 0) is 6.54 Å². The monoisotopic (exact) mass is 302 g/mol. The average molecular weight is 302 g/mol. The van der Waals surface area contributed by atoms with Crippen molar-refractivity contribution in [2.24, 2.45) is 0 Å². The second kappa shape index (κ2) is 7.03. The molecule has 1 aliphatic heterocycles. The summed E-state index contributed by atoms with van der Waals surface area (Å²) in [7, 11) is 2.21. The number of aromatic amines is 1. The highest BCUT2D eigenvalue weighted by molar-refractivity contribution is 5.62. The molecule has 1 aromatic heterocycles. The fourth-order valence-electron chi connectivity index (χ4n) is 3.15. The molecule has 0 spiro atoms. The SMILES string of the molecule is CN1CCC[C@@H]1CCNCc1cn[nH]c1-c1ccc(F)cc1. The van der Waals surface area contributed by atoms with Gasteiger partial charge in [0.15, 0.2) is 0 Å². The van der Waals surface area contributed by atoms with Gasteiger partial charge in [-0.05, 0) is 63.7 Å². The van der Waals surface area contributed by atoms with Gasteiger partial charge in [0.25, 0.3) is 0 Å². The second-order valence-electron chi connectivity index (χ2n) is 6.02. The smallest absolute Gasteiger partial charge is 0.123 e. The predicted octanol–water partition coefficient (Wildman–Crippen LogP) is 2.79. The van der Waals surface area contributed by atoms with Crippen LogP contribution >= 0.6 is 0 Å². The topological polar surface area (TPSA) is 44.0 Å². The Kier molecular flexibility index (Phi) is 4.85. The molecule has 0 saturated carbocycles. The quantitative estimate of drug-likeness (QED) is 0.807. The summed E-state index contributed by atoms with van der Waals surface area (Å²) in [6.45, 7) is 3.00. The van der Waals surface area contributed by atoms with Crippen molar-refractivity contribution in [2.45, 2.75) is 31.8 Å². The summed E-state index contributed by atoms with van der Waals surface area (Å²) in [6.07, 6.45) is 5.65. The zero-order valence-corrected chi connectivity index (χ0v) is 13.0. The molecule has 0 amide bonds. The van der Waals surface area contributed by atoms with E-state index in [1.54, 1.807) is 12.1 Å². The Bertz CT molecular complexity index is 593. The standard InChI is InChI=1S/C17H23FN4/c1-22-10-2-3-16(22)8-9-19-11-14-12-20-21-17(14)13-4-6-15(18)7-5-13/h4-7,12,16,19H,2-3,8-11H2,1H3,(H,20,21)/t16-/m1/s1. The van der Waals surface area contributed by atoms with Crippen molar-refractivity contribution in [3.63, 3.8) is 0 Å². The van der Waals surface area contributed by atoms with Gasteiger partial charge in [0.05, 0.1) is 11.9 Å². The maximum Gasteiger partial charge on any atom is 0.123 e. The van der Waals surface area contributed by atoms with Gasteiger partial charge in [0, 0.05) is 23.7 Å². The molecule has 118 valence electrons. The third-order valence-electron chi connectivity index (χ3n) is 4.49. The molecule has 0 radical (unpaired) electrons. The van der Waals surface area contributed by atoms with Crippen LogP contribution in [0.4, 0.5) is 4.39 Å². The molecule has 1 saturated heterocycles. The summed E-state index contributed by atoms with van der Waals surface area (Å²) >= 11 is 0. The van der Waals surface area contributed by atoms with Crippen LogP contribution in [0.3, 0.4) is 0 Å². The van der Waals surface area contributed by atoms with Crippen LogP contribution in [0.2, 0.25) is 0 Å². The van der Waals surface area contributed by atoms with Crippen molar-refractivity contribution in [3.8, 4) is 11.3 Å². The minimum absolute atomic E-state index is 0.219. The zero-order chi connectivity index (χ0) is 15.4. The number of nitrogens with one attached hydrogen (secondary N) is 2. The number of hydrogen-bond donors (Lipinski definition) is 2. The average Bonchev–Trinajstić information content (AvgIpc) is 3.14. The number of nitrogens with zero attached hydrogens (tertiary/aromatic N) is 2. The van der Waals surface area contributed by atoms with Crippen molar-refractivity contribution in [1.82, 2.24) is 20.4 Å². The normalized spacial score (nSPS) is 18.9. The van der Waals surface area contributed by atoms with E-state index in [-0.39, 0.29) is 5.82 Å². The molecule has 4 nitrogen and oxygen atoms in total. The molecular weight excluding hydrogens is 279 g/mol. The minimum atomic E-state index is -0.219. The van der Waals surface area contributed by atoms with Crippen LogP contribution in [0.25, 0.3) is 11.3 Å². The minimum Gasteiger partial charge on any atom is -0.312 e. The number of hydrogen-bond acceptors (Lipinski definition) is 3. The number of halogens is 1. The Morgan fingerprint density at radius 3 is 2.91 bits per heavy atom. The molecule has 0 bridgehead atoms. The van der Waals surface area contributed by atoms with E-state index in [1.807, 2.05) is 6.20 Å². The fourth-order valence-corrected chi connectivity index (χ4v) is 3.15. The highest BCUT2D eigenvalue weighted by Crippen LogP contribution is 2.21. The molecule has 1 aromatic carbocycles. The largest absolute Gasteiger partial charge is 0.312 e. The Hall–Kier alpha value is -1.72. The van der Waals surface area contributed by atoms with E-state index >= 15 is 0 Å². The fraction of sp³-hybridized carbons (Fsp3) is 0.471.